The zero-order valence-electron chi connectivity index (χ0n) is 13.0. The van der Waals surface area contributed by atoms with Gasteiger partial charge in [-0.3, -0.25) is 4.90 Å². The predicted octanol–water partition coefficient (Wildman–Crippen LogP) is 2.26. The van der Waals surface area contributed by atoms with E-state index in [1.807, 2.05) is 0 Å². The lowest BCUT2D eigenvalue weighted by molar-refractivity contribution is 0.265. The summed E-state index contributed by atoms with van der Waals surface area (Å²) in [7, 11) is 4.20. The third kappa shape index (κ3) is 3.51. The molecular formula is C16H21FN4O. The maximum Gasteiger partial charge on any atom is 0.250 e. The summed E-state index contributed by atoms with van der Waals surface area (Å²) in [5, 5.41) is 8.01. The lowest BCUT2D eigenvalue weighted by Gasteiger charge is -2.16. The largest absolute Gasteiger partial charge is 0.419 e. The highest BCUT2D eigenvalue weighted by atomic mass is 19.1. The van der Waals surface area contributed by atoms with Crippen LogP contribution in [0.4, 0.5) is 4.39 Å². The van der Waals surface area contributed by atoms with E-state index in [2.05, 4.69) is 34.1 Å². The second kappa shape index (κ2) is 6.54. The highest BCUT2D eigenvalue weighted by Crippen LogP contribution is 2.23. The van der Waals surface area contributed by atoms with Crippen LogP contribution in [0.3, 0.4) is 0 Å². The summed E-state index contributed by atoms with van der Waals surface area (Å²) >= 11 is 0. The van der Waals surface area contributed by atoms with Gasteiger partial charge in [-0.2, -0.15) is 0 Å². The second-order valence-electron chi connectivity index (χ2n) is 6.13. The average Bonchev–Trinajstić information content (AvgIpc) is 3.09. The van der Waals surface area contributed by atoms with Crippen LogP contribution in [0.15, 0.2) is 28.7 Å². The minimum atomic E-state index is -0.343. The first-order valence-corrected chi connectivity index (χ1v) is 7.56. The molecule has 0 amide bonds. The molecule has 0 bridgehead atoms. The quantitative estimate of drug-likeness (QED) is 0.848. The molecule has 1 unspecified atom stereocenters. The normalized spacial score (nSPS) is 19.2. The Morgan fingerprint density at radius 1 is 1.32 bits per heavy atom. The van der Waals surface area contributed by atoms with E-state index < -0.39 is 0 Å². The zero-order valence-corrected chi connectivity index (χ0v) is 13.0. The van der Waals surface area contributed by atoms with Crippen LogP contribution in [-0.4, -0.2) is 53.7 Å². The Hall–Kier alpha value is -1.79. The topological polar surface area (TPSA) is 45.4 Å². The summed E-state index contributed by atoms with van der Waals surface area (Å²) < 4.78 is 19.3. The van der Waals surface area contributed by atoms with Crippen molar-refractivity contribution in [2.75, 3.05) is 33.7 Å². The number of likely N-dealkylation sites (tertiary alicyclic amines) is 1. The van der Waals surface area contributed by atoms with Gasteiger partial charge in [0.1, 0.15) is 5.82 Å². The van der Waals surface area contributed by atoms with Crippen molar-refractivity contribution in [1.29, 1.82) is 0 Å². The molecule has 1 aliphatic heterocycles. The van der Waals surface area contributed by atoms with Gasteiger partial charge in [-0.25, -0.2) is 4.39 Å². The summed E-state index contributed by atoms with van der Waals surface area (Å²) in [5.74, 6) is 1.13. The van der Waals surface area contributed by atoms with E-state index in [0.29, 0.717) is 23.9 Å². The Morgan fingerprint density at radius 2 is 2.14 bits per heavy atom. The number of hydrogen-bond acceptors (Lipinski definition) is 5. The molecule has 2 heterocycles. The van der Waals surface area contributed by atoms with Crippen molar-refractivity contribution in [3.8, 4) is 11.5 Å². The van der Waals surface area contributed by atoms with Gasteiger partial charge in [0, 0.05) is 13.1 Å². The number of benzene rings is 1. The highest BCUT2D eigenvalue weighted by molar-refractivity contribution is 5.53. The van der Waals surface area contributed by atoms with Crippen LogP contribution in [0.2, 0.25) is 0 Å². The van der Waals surface area contributed by atoms with E-state index in [-0.39, 0.29) is 11.7 Å². The van der Waals surface area contributed by atoms with Crippen LogP contribution in [0.25, 0.3) is 11.5 Å². The van der Waals surface area contributed by atoms with Crippen LogP contribution in [0, 0.1) is 11.7 Å². The van der Waals surface area contributed by atoms with E-state index in [1.165, 1.54) is 12.5 Å². The Labute approximate surface area is 129 Å². The molecule has 2 aromatic rings. The molecule has 1 aliphatic rings. The molecule has 1 saturated heterocycles. The van der Waals surface area contributed by atoms with Crippen molar-refractivity contribution in [2.24, 2.45) is 5.92 Å². The summed E-state index contributed by atoms with van der Waals surface area (Å²) in [4.78, 5) is 4.53. The third-order valence-electron chi connectivity index (χ3n) is 3.92. The summed E-state index contributed by atoms with van der Waals surface area (Å²) in [6.07, 6.45) is 1.19. The van der Waals surface area contributed by atoms with E-state index in [4.69, 9.17) is 4.42 Å². The first-order chi connectivity index (χ1) is 10.6. The molecule has 0 N–H and O–H groups in total. The number of rotatable bonds is 5. The molecule has 1 aromatic carbocycles. The van der Waals surface area contributed by atoms with Crippen molar-refractivity contribution in [3.05, 3.63) is 36.0 Å². The number of halogens is 1. The van der Waals surface area contributed by atoms with Crippen molar-refractivity contribution < 1.29 is 8.81 Å². The molecule has 1 aromatic heterocycles. The second-order valence-corrected chi connectivity index (χ2v) is 6.13. The zero-order chi connectivity index (χ0) is 15.5. The standard InChI is InChI=1S/C16H21FN4O/c1-20(2)9-12-7-8-21(10-12)11-15-18-19-16(22-15)13-5-3-4-6-14(13)17/h3-6,12H,7-11H2,1-2H3. The van der Waals surface area contributed by atoms with Gasteiger partial charge in [0.2, 0.25) is 5.89 Å². The number of hydrogen-bond donors (Lipinski definition) is 0. The van der Waals surface area contributed by atoms with Gasteiger partial charge in [-0.05, 0) is 45.1 Å². The molecule has 22 heavy (non-hydrogen) atoms. The predicted molar refractivity (Wildman–Crippen MR) is 81.6 cm³/mol. The lowest BCUT2D eigenvalue weighted by atomic mass is 10.1. The first-order valence-electron chi connectivity index (χ1n) is 7.56. The molecule has 118 valence electrons. The molecule has 0 aliphatic carbocycles. The highest BCUT2D eigenvalue weighted by Gasteiger charge is 2.24. The van der Waals surface area contributed by atoms with Crippen LogP contribution in [-0.2, 0) is 6.54 Å². The van der Waals surface area contributed by atoms with Crippen LogP contribution >= 0.6 is 0 Å². The number of nitrogens with zero attached hydrogens (tertiary/aromatic N) is 4. The van der Waals surface area contributed by atoms with Crippen LogP contribution in [0.5, 0.6) is 0 Å². The van der Waals surface area contributed by atoms with Gasteiger partial charge in [-0.1, -0.05) is 12.1 Å². The molecule has 1 fully saturated rings. The van der Waals surface area contributed by atoms with Crippen LogP contribution in [0.1, 0.15) is 12.3 Å². The van der Waals surface area contributed by atoms with Crippen molar-refractivity contribution in [2.45, 2.75) is 13.0 Å². The summed E-state index contributed by atoms with van der Waals surface area (Å²) in [6.45, 7) is 3.80. The lowest BCUT2D eigenvalue weighted by Crippen LogP contribution is -2.25. The van der Waals surface area contributed by atoms with Crippen molar-refractivity contribution >= 4 is 0 Å². The SMILES string of the molecule is CN(C)CC1CCN(Cc2nnc(-c3ccccc3F)o2)C1. The number of aromatic nitrogens is 2. The van der Waals surface area contributed by atoms with E-state index >= 15 is 0 Å². The molecule has 3 rings (SSSR count). The third-order valence-corrected chi connectivity index (χ3v) is 3.92. The van der Waals surface area contributed by atoms with E-state index in [0.717, 1.165) is 19.6 Å². The van der Waals surface area contributed by atoms with Crippen molar-refractivity contribution in [1.82, 2.24) is 20.0 Å². The van der Waals surface area contributed by atoms with E-state index in [1.54, 1.807) is 18.2 Å². The van der Waals surface area contributed by atoms with E-state index in [9.17, 15) is 4.39 Å². The fraction of sp³-hybridized carbons (Fsp3) is 0.500. The summed E-state index contributed by atoms with van der Waals surface area (Å²) in [6, 6.07) is 6.45. The molecular weight excluding hydrogens is 283 g/mol. The fourth-order valence-electron chi connectivity index (χ4n) is 2.97. The van der Waals surface area contributed by atoms with Gasteiger partial charge in [0.15, 0.2) is 0 Å². The van der Waals surface area contributed by atoms with Gasteiger partial charge in [0.05, 0.1) is 12.1 Å². The maximum atomic E-state index is 13.7. The Bertz CT molecular complexity index is 628. The van der Waals surface area contributed by atoms with Gasteiger partial charge < -0.3 is 9.32 Å². The smallest absolute Gasteiger partial charge is 0.250 e. The minimum Gasteiger partial charge on any atom is -0.419 e. The Morgan fingerprint density at radius 3 is 2.91 bits per heavy atom. The molecule has 0 spiro atoms. The van der Waals surface area contributed by atoms with Gasteiger partial charge in [-0.15, -0.1) is 10.2 Å². The maximum absolute atomic E-state index is 13.7. The average molecular weight is 304 g/mol. The van der Waals surface area contributed by atoms with Gasteiger partial charge >= 0.3 is 0 Å². The Balaban J connectivity index is 1.62. The van der Waals surface area contributed by atoms with Crippen LogP contribution < -0.4 is 0 Å². The summed E-state index contributed by atoms with van der Waals surface area (Å²) in [5.41, 5.74) is 0.355. The molecule has 1 atom stereocenters. The first kappa shape index (κ1) is 15.1. The van der Waals surface area contributed by atoms with Gasteiger partial charge in [0.25, 0.3) is 5.89 Å². The molecule has 0 radical (unpaired) electrons. The monoisotopic (exact) mass is 304 g/mol. The van der Waals surface area contributed by atoms with Crippen molar-refractivity contribution in [3.63, 3.8) is 0 Å². The molecule has 5 nitrogen and oxygen atoms in total. The molecule has 0 saturated carbocycles. The Kier molecular flexibility index (Phi) is 4.49. The minimum absolute atomic E-state index is 0.247. The fourth-order valence-corrected chi connectivity index (χ4v) is 2.97. The molecule has 6 heteroatoms.